The number of benzene rings is 3. The summed E-state index contributed by atoms with van der Waals surface area (Å²) >= 11 is 7.89. The van der Waals surface area contributed by atoms with Crippen molar-refractivity contribution in [2.24, 2.45) is 4.99 Å². The van der Waals surface area contributed by atoms with Gasteiger partial charge in [0.1, 0.15) is 46.2 Å². The summed E-state index contributed by atoms with van der Waals surface area (Å²) < 4.78 is 21.2. The van der Waals surface area contributed by atoms with E-state index in [4.69, 9.17) is 41.6 Å². The van der Waals surface area contributed by atoms with Crippen LogP contribution in [0.25, 0.3) is 27.3 Å². The van der Waals surface area contributed by atoms with Crippen LogP contribution in [0.4, 0.5) is 5.82 Å². The Bertz CT molecular complexity index is 3190. The van der Waals surface area contributed by atoms with Gasteiger partial charge in [0, 0.05) is 71.3 Å². The topological polar surface area (TPSA) is 231 Å². The van der Waals surface area contributed by atoms with Crippen molar-refractivity contribution in [1.29, 1.82) is 0 Å². The van der Waals surface area contributed by atoms with Gasteiger partial charge < -0.3 is 35.9 Å². The van der Waals surface area contributed by atoms with Gasteiger partial charge in [0.25, 0.3) is 0 Å². The smallest absolute Gasteiger partial charge is 0.247 e. The minimum atomic E-state index is -0.574. The average Bonchev–Trinajstić information content (AvgIpc) is 4.06. The molecule has 0 unspecified atom stereocenters. The first kappa shape index (κ1) is 52.5. The Balaban J connectivity index is 0.649. The summed E-state index contributed by atoms with van der Waals surface area (Å²) in [6, 6.07) is 24.3. The summed E-state index contributed by atoms with van der Waals surface area (Å²) in [4.78, 5) is 56.2. The fourth-order valence-corrected chi connectivity index (χ4v) is 10.5. The third-order valence-electron chi connectivity index (χ3n) is 13.1. The van der Waals surface area contributed by atoms with Crippen molar-refractivity contribution in [1.82, 2.24) is 55.4 Å². The number of para-hydroxylation sites is 1. The standard InChI is InChI=1S/C54H60ClN13O6S/c1-33(30-66-24-8-9-40(31-66)68-52-47(50(56)60-32-61-52)49(65-68)38-14-18-42(19-15-38)74-41-10-6-5-7-11-41)53(71)59-22-21-57-44(69)20-25-72-27-28-73-26-23-58-45(70)29-43-51-64-63-36(4)67(51)54-46(34(2)35(3)75-54)48(62-43)37-12-16-39(55)17-13-37/h5-7,10-19,32,40,43H,1,8-9,20-31H2,2-4H3,(H,57,69)(H,58,70)(H,59,71)(H2,56,60,61)/t40-,43+/m1/s1. The number of piperidine rings is 1. The molecule has 1 saturated heterocycles. The van der Waals surface area contributed by atoms with Crippen molar-refractivity contribution in [2.45, 2.75) is 58.5 Å². The number of nitrogen functional groups attached to an aromatic ring is 1. The second-order valence-corrected chi connectivity index (χ2v) is 20.0. The lowest BCUT2D eigenvalue weighted by molar-refractivity contribution is -0.123. The summed E-state index contributed by atoms with van der Waals surface area (Å²) in [6.45, 7) is 13.8. The molecule has 0 radical (unpaired) electrons. The third-order valence-corrected chi connectivity index (χ3v) is 14.5. The normalized spacial score (nSPS) is 15.4. The van der Waals surface area contributed by atoms with Gasteiger partial charge in [-0.3, -0.25) is 28.8 Å². The zero-order chi connectivity index (χ0) is 52.4. The van der Waals surface area contributed by atoms with E-state index in [2.05, 4.69) is 61.4 Å². The quantitative estimate of drug-likeness (QED) is 0.0395. The van der Waals surface area contributed by atoms with Crippen LogP contribution in [0.5, 0.6) is 11.5 Å². The van der Waals surface area contributed by atoms with Crippen molar-refractivity contribution in [3.63, 3.8) is 0 Å². The van der Waals surface area contributed by atoms with E-state index < -0.39 is 6.04 Å². The zero-order valence-electron chi connectivity index (χ0n) is 42.2. The number of amides is 3. The maximum atomic E-state index is 13.3. The maximum Gasteiger partial charge on any atom is 0.247 e. The number of hydrogen-bond donors (Lipinski definition) is 4. The molecular formula is C54H60ClN13O6S. The summed E-state index contributed by atoms with van der Waals surface area (Å²) in [7, 11) is 0. The van der Waals surface area contributed by atoms with Crippen LogP contribution in [-0.2, 0) is 23.9 Å². The van der Waals surface area contributed by atoms with Crippen LogP contribution in [0.15, 0.2) is 102 Å². The molecule has 4 aromatic heterocycles. The average molecular weight is 1050 g/mol. The van der Waals surface area contributed by atoms with Crippen LogP contribution in [0.1, 0.15) is 71.0 Å². The monoisotopic (exact) mass is 1050 g/mol. The number of rotatable bonds is 22. The second-order valence-electron chi connectivity index (χ2n) is 18.4. The number of hydrogen-bond acceptors (Lipinski definition) is 15. The molecule has 21 heteroatoms. The van der Waals surface area contributed by atoms with Crippen molar-refractivity contribution in [3.05, 3.63) is 136 Å². The molecule has 390 valence electrons. The van der Waals surface area contributed by atoms with Gasteiger partial charge in [-0.1, -0.05) is 48.5 Å². The van der Waals surface area contributed by atoms with Gasteiger partial charge in [0.15, 0.2) is 11.5 Å². The first-order valence-electron chi connectivity index (χ1n) is 25.0. The molecule has 2 aliphatic rings. The van der Waals surface area contributed by atoms with Gasteiger partial charge >= 0.3 is 0 Å². The Morgan fingerprint density at radius 1 is 0.840 bits per heavy atom. The lowest BCUT2D eigenvalue weighted by Gasteiger charge is -2.33. The van der Waals surface area contributed by atoms with Gasteiger partial charge in [0.2, 0.25) is 17.7 Å². The van der Waals surface area contributed by atoms with E-state index in [0.717, 1.165) is 63.9 Å². The second kappa shape index (κ2) is 24.3. The number of nitrogens with one attached hydrogen (secondary N) is 3. The van der Waals surface area contributed by atoms with E-state index in [0.29, 0.717) is 71.0 Å². The Labute approximate surface area is 443 Å². The summed E-state index contributed by atoms with van der Waals surface area (Å²) in [5.74, 6) is 2.45. The first-order chi connectivity index (χ1) is 36.4. The van der Waals surface area contributed by atoms with Crippen LogP contribution in [0.3, 0.4) is 0 Å². The van der Waals surface area contributed by atoms with Gasteiger partial charge in [-0.15, -0.1) is 21.5 Å². The van der Waals surface area contributed by atoms with Crippen molar-refractivity contribution in [3.8, 4) is 27.8 Å². The molecule has 0 spiro atoms. The maximum absolute atomic E-state index is 13.3. The number of anilines is 1. The third kappa shape index (κ3) is 12.6. The molecule has 3 aromatic carbocycles. The molecule has 9 rings (SSSR count). The largest absolute Gasteiger partial charge is 0.457 e. The molecule has 1 fully saturated rings. The summed E-state index contributed by atoms with van der Waals surface area (Å²) in [6.07, 6.45) is 3.44. The van der Waals surface area contributed by atoms with E-state index in [1.165, 1.54) is 11.2 Å². The lowest BCUT2D eigenvalue weighted by atomic mass is 9.99. The van der Waals surface area contributed by atoms with Gasteiger partial charge in [0.05, 0.1) is 50.0 Å². The fourth-order valence-electron chi connectivity index (χ4n) is 9.19. The molecule has 0 aliphatic carbocycles. The van der Waals surface area contributed by atoms with Crippen molar-refractivity contribution in [2.75, 3.05) is 71.4 Å². The predicted octanol–water partition coefficient (Wildman–Crippen LogP) is 7.04. The molecule has 7 aromatic rings. The number of nitrogens with two attached hydrogens (primary N) is 1. The van der Waals surface area contributed by atoms with E-state index >= 15 is 0 Å². The van der Waals surface area contributed by atoms with Crippen LogP contribution in [-0.4, -0.2) is 129 Å². The Hall–Kier alpha value is -7.36. The number of halogens is 1. The fraction of sp³-hybridized carbons (Fsp3) is 0.352. The molecular weight excluding hydrogens is 994 g/mol. The van der Waals surface area contributed by atoms with Gasteiger partial charge in [-0.25, -0.2) is 14.6 Å². The molecule has 0 saturated carbocycles. The minimum absolute atomic E-state index is 0.0245. The highest BCUT2D eigenvalue weighted by molar-refractivity contribution is 7.15. The van der Waals surface area contributed by atoms with Crippen LogP contribution < -0.4 is 26.4 Å². The highest BCUT2D eigenvalue weighted by Gasteiger charge is 2.33. The van der Waals surface area contributed by atoms with Gasteiger partial charge in [-0.05, 0) is 94.3 Å². The molecule has 5 N–H and O–H groups in total. The Morgan fingerprint density at radius 3 is 2.35 bits per heavy atom. The van der Waals surface area contributed by atoms with Crippen LogP contribution in [0, 0.1) is 20.8 Å². The van der Waals surface area contributed by atoms with Crippen LogP contribution in [0.2, 0.25) is 5.02 Å². The Morgan fingerprint density at radius 2 is 1.56 bits per heavy atom. The number of carbonyl (C=O) groups excluding carboxylic acids is 3. The van der Waals surface area contributed by atoms with E-state index in [9.17, 15) is 14.4 Å². The Kier molecular flexibility index (Phi) is 17.0. The molecule has 2 atom stereocenters. The van der Waals surface area contributed by atoms with Crippen molar-refractivity contribution < 1.29 is 28.6 Å². The number of thiophene rings is 1. The van der Waals surface area contributed by atoms with E-state index in [1.54, 1.807) is 11.3 Å². The predicted molar refractivity (Wildman–Crippen MR) is 289 cm³/mol. The van der Waals surface area contributed by atoms with E-state index in [-0.39, 0.29) is 69.5 Å². The summed E-state index contributed by atoms with van der Waals surface area (Å²) in [5.41, 5.74) is 12.9. The number of aromatic nitrogens is 7. The SMILES string of the molecule is C=C(CN1CCC[C@@H](n2nc(-c3ccc(Oc4ccccc4)cc3)c3c(N)ncnc32)C1)C(=O)NCCNC(=O)CCOCCOCCNC(=O)C[C@@H]1N=C(c2ccc(Cl)cc2)c2c(sc(C)c2C)-n2c(C)nnc21. The number of ether oxygens (including phenoxy) is 3. The summed E-state index contributed by atoms with van der Waals surface area (Å²) in [5, 5.41) is 24.8. The highest BCUT2D eigenvalue weighted by atomic mass is 35.5. The first-order valence-corrected chi connectivity index (χ1v) is 26.2. The molecule has 6 heterocycles. The molecule has 19 nitrogen and oxygen atoms in total. The van der Waals surface area contributed by atoms with Crippen molar-refractivity contribution >= 4 is 63.2 Å². The van der Waals surface area contributed by atoms with Gasteiger partial charge in [-0.2, -0.15) is 5.10 Å². The number of aliphatic imine (C=N–C) groups is 1. The number of fused-ring (bicyclic) bond motifs is 4. The minimum Gasteiger partial charge on any atom is -0.457 e. The lowest BCUT2D eigenvalue weighted by Crippen LogP contribution is -2.41. The number of aryl methyl sites for hydroxylation is 2. The van der Waals surface area contributed by atoms with E-state index in [1.807, 2.05) is 95.0 Å². The van der Waals surface area contributed by atoms with Crippen LogP contribution >= 0.6 is 22.9 Å². The number of carbonyl (C=O) groups is 3. The molecule has 75 heavy (non-hydrogen) atoms. The highest BCUT2D eigenvalue weighted by Crippen LogP contribution is 2.40. The molecule has 3 amide bonds. The zero-order valence-corrected chi connectivity index (χ0v) is 43.8. The molecule has 0 bridgehead atoms. The number of nitrogens with zero attached hydrogens (tertiary/aromatic N) is 9. The number of likely N-dealkylation sites (tertiary alicyclic amines) is 1. The molecule has 2 aliphatic heterocycles.